The minimum atomic E-state index is -3.55. The summed E-state index contributed by atoms with van der Waals surface area (Å²) in [5, 5.41) is 0. The molecule has 0 amide bonds. The highest BCUT2D eigenvalue weighted by atomic mass is 35.5. The fraction of sp³-hybridized carbons (Fsp3) is 0.333. The molecular weight excluding hydrogens is 310 g/mol. The fourth-order valence-electron chi connectivity index (χ4n) is 2.07. The summed E-state index contributed by atoms with van der Waals surface area (Å²) in [6.45, 7) is 2.04. The maximum Gasteiger partial charge on any atom is 0.246 e. The van der Waals surface area contributed by atoms with E-state index in [1.54, 1.807) is 14.0 Å². The number of nitrogens with zero attached hydrogens (tertiary/aromatic N) is 1. The summed E-state index contributed by atoms with van der Waals surface area (Å²) in [4.78, 5) is 0.189. The van der Waals surface area contributed by atoms with Gasteiger partial charge in [-0.2, -0.15) is 0 Å². The Morgan fingerprint density at radius 2 is 1.90 bits per heavy atom. The van der Waals surface area contributed by atoms with Crippen LogP contribution in [0.4, 0.5) is 0 Å². The van der Waals surface area contributed by atoms with Crippen LogP contribution in [-0.2, 0) is 22.3 Å². The minimum absolute atomic E-state index is 0.157. The van der Waals surface area contributed by atoms with Crippen LogP contribution < -0.4 is 0 Å². The average Bonchev–Trinajstić information content (AvgIpc) is 2.87. The van der Waals surface area contributed by atoms with Crippen LogP contribution in [0.5, 0.6) is 0 Å². The molecule has 0 aliphatic heterocycles. The first-order valence-corrected chi connectivity index (χ1v) is 8.58. The molecule has 0 spiro atoms. The lowest BCUT2D eigenvalue weighted by molar-refractivity contribution is 0.463. The van der Waals surface area contributed by atoms with Gasteiger partial charge in [0.2, 0.25) is 10.0 Å². The molecule has 21 heavy (non-hydrogen) atoms. The molecule has 2 aromatic rings. The monoisotopic (exact) mass is 327 g/mol. The van der Waals surface area contributed by atoms with Crippen LogP contribution in [0.3, 0.4) is 0 Å². The van der Waals surface area contributed by atoms with Crippen molar-refractivity contribution in [2.75, 3.05) is 13.6 Å². The van der Waals surface area contributed by atoms with Gasteiger partial charge in [-0.05, 0) is 18.9 Å². The van der Waals surface area contributed by atoms with Crippen LogP contribution in [0.25, 0.3) is 0 Å². The van der Waals surface area contributed by atoms with Gasteiger partial charge >= 0.3 is 0 Å². The van der Waals surface area contributed by atoms with E-state index in [-0.39, 0.29) is 10.8 Å². The highest BCUT2D eigenvalue weighted by molar-refractivity contribution is 7.89. The molecule has 0 unspecified atom stereocenters. The van der Waals surface area contributed by atoms with Crippen LogP contribution in [-0.4, -0.2) is 26.3 Å². The Morgan fingerprint density at radius 1 is 1.24 bits per heavy atom. The number of furan rings is 1. The first-order chi connectivity index (χ1) is 9.95. The molecule has 0 saturated heterocycles. The highest BCUT2D eigenvalue weighted by Crippen LogP contribution is 2.24. The van der Waals surface area contributed by atoms with Crippen LogP contribution in [0.2, 0.25) is 0 Å². The van der Waals surface area contributed by atoms with Gasteiger partial charge in [0.15, 0.2) is 0 Å². The molecule has 1 aromatic carbocycles. The van der Waals surface area contributed by atoms with Crippen molar-refractivity contribution in [3.8, 4) is 0 Å². The second kappa shape index (κ2) is 6.64. The SMILES string of the molecule is Cc1oc(CCl)cc1S(=O)(=O)N(C)CCc1ccccc1. The van der Waals surface area contributed by atoms with Gasteiger partial charge in [0.1, 0.15) is 16.4 Å². The number of aryl methyl sites for hydroxylation is 1. The molecule has 0 fully saturated rings. The number of sulfonamides is 1. The Hall–Kier alpha value is -1.30. The largest absolute Gasteiger partial charge is 0.464 e. The molecule has 0 atom stereocenters. The molecule has 1 aromatic heterocycles. The van der Waals surface area contributed by atoms with Crippen LogP contribution in [0.15, 0.2) is 45.7 Å². The van der Waals surface area contributed by atoms with E-state index in [9.17, 15) is 8.42 Å². The molecule has 2 rings (SSSR count). The Balaban J connectivity index is 2.13. The van der Waals surface area contributed by atoms with Gasteiger partial charge in [-0.3, -0.25) is 0 Å². The lowest BCUT2D eigenvalue weighted by atomic mass is 10.2. The lowest BCUT2D eigenvalue weighted by Gasteiger charge is -2.16. The maximum atomic E-state index is 12.5. The molecule has 114 valence electrons. The third-order valence-electron chi connectivity index (χ3n) is 3.30. The summed E-state index contributed by atoms with van der Waals surface area (Å²) in [5.74, 6) is 0.991. The fourth-order valence-corrected chi connectivity index (χ4v) is 3.55. The summed E-state index contributed by atoms with van der Waals surface area (Å²) >= 11 is 5.68. The molecule has 0 radical (unpaired) electrons. The number of likely N-dealkylation sites (N-methyl/N-ethyl adjacent to an activating group) is 1. The number of hydrogen-bond donors (Lipinski definition) is 0. The standard InChI is InChI=1S/C15H18ClNO3S/c1-12-15(10-14(11-16)20-12)21(18,19)17(2)9-8-13-6-4-3-5-7-13/h3-7,10H,8-9,11H2,1-2H3. The smallest absolute Gasteiger partial charge is 0.246 e. The third-order valence-corrected chi connectivity index (χ3v) is 5.53. The zero-order valence-corrected chi connectivity index (χ0v) is 13.6. The van der Waals surface area contributed by atoms with Gasteiger partial charge in [0.25, 0.3) is 0 Å². The van der Waals surface area contributed by atoms with E-state index in [0.717, 1.165) is 5.56 Å². The number of alkyl halides is 1. The van der Waals surface area contributed by atoms with Crippen LogP contribution in [0.1, 0.15) is 17.1 Å². The Labute approximate surface area is 130 Å². The number of hydrogen-bond acceptors (Lipinski definition) is 3. The molecule has 0 aliphatic rings. The topological polar surface area (TPSA) is 50.5 Å². The molecule has 0 saturated carbocycles. The summed E-state index contributed by atoms with van der Waals surface area (Å²) in [5.41, 5.74) is 1.10. The van der Waals surface area contributed by atoms with E-state index in [0.29, 0.717) is 24.5 Å². The Bertz CT molecular complexity index is 695. The number of halogens is 1. The van der Waals surface area contributed by atoms with E-state index in [1.165, 1.54) is 10.4 Å². The van der Waals surface area contributed by atoms with Crippen molar-refractivity contribution in [1.29, 1.82) is 0 Å². The minimum Gasteiger partial charge on any atom is -0.464 e. The highest BCUT2D eigenvalue weighted by Gasteiger charge is 2.25. The number of rotatable bonds is 6. The van der Waals surface area contributed by atoms with Crippen molar-refractivity contribution in [1.82, 2.24) is 4.31 Å². The predicted molar refractivity (Wildman–Crippen MR) is 83.0 cm³/mol. The summed E-state index contributed by atoms with van der Waals surface area (Å²) in [6, 6.07) is 11.3. The summed E-state index contributed by atoms with van der Waals surface area (Å²) in [7, 11) is -1.97. The third kappa shape index (κ3) is 3.67. The van der Waals surface area contributed by atoms with Gasteiger partial charge in [-0.1, -0.05) is 30.3 Å². The van der Waals surface area contributed by atoms with Crippen LogP contribution in [0, 0.1) is 6.92 Å². The maximum absolute atomic E-state index is 12.5. The first kappa shape index (κ1) is 16.1. The van der Waals surface area contributed by atoms with E-state index < -0.39 is 10.0 Å². The van der Waals surface area contributed by atoms with E-state index in [2.05, 4.69) is 0 Å². The zero-order chi connectivity index (χ0) is 15.5. The lowest BCUT2D eigenvalue weighted by Crippen LogP contribution is -2.29. The van der Waals surface area contributed by atoms with Gasteiger partial charge in [0, 0.05) is 19.7 Å². The van der Waals surface area contributed by atoms with Crippen molar-refractivity contribution in [3.05, 3.63) is 53.5 Å². The average molecular weight is 328 g/mol. The summed E-state index contributed by atoms with van der Waals surface area (Å²) in [6.07, 6.45) is 0.663. The zero-order valence-electron chi connectivity index (χ0n) is 12.0. The van der Waals surface area contributed by atoms with Crippen molar-refractivity contribution >= 4 is 21.6 Å². The normalized spacial score (nSPS) is 12.0. The van der Waals surface area contributed by atoms with Crippen molar-refractivity contribution < 1.29 is 12.8 Å². The second-order valence-electron chi connectivity index (χ2n) is 4.83. The van der Waals surface area contributed by atoms with Crippen molar-refractivity contribution in [2.45, 2.75) is 24.1 Å². The Kier molecular flexibility index (Phi) is 5.08. The number of benzene rings is 1. The molecule has 0 bridgehead atoms. The second-order valence-corrected chi connectivity index (χ2v) is 7.11. The van der Waals surface area contributed by atoms with Gasteiger partial charge in [-0.15, -0.1) is 11.6 Å². The van der Waals surface area contributed by atoms with Crippen molar-refractivity contribution in [2.24, 2.45) is 0 Å². The van der Waals surface area contributed by atoms with Gasteiger partial charge in [0.05, 0.1) is 5.88 Å². The van der Waals surface area contributed by atoms with E-state index in [4.69, 9.17) is 16.0 Å². The molecule has 0 aliphatic carbocycles. The van der Waals surface area contributed by atoms with Crippen molar-refractivity contribution in [3.63, 3.8) is 0 Å². The van der Waals surface area contributed by atoms with Gasteiger partial charge < -0.3 is 4.42 Å². The van der Waals surface area contributed by atoms with Crippen LogP contribution >= 0.6 is 11.6 Å². The molecule has 0 N–H and O–H groups in total. The molecular formula is C15H18ClNO3S. The molecule has 4 nitrogen and oxygen atoms in total. The summed E-state index contributed by atoms with van der Waals surface area (Å²) < 4.78 is 31.7. The van der Waals surface area contributed by atoms with E-state index in [1.807, 2.05) is 30.3 Å². The first-order valence-electron chi connectivity index (χ1n) is 6.60. The molecule has 1 heterocycles. The molecule has 6 heteroatoms. The van der Waals surface area contributed by atoms with E-state index >= 15 is 0 Å². The Morgan fingerprint density at radius 3 is 2.48 bits per heavy atom. The van der Waals surface area contributed by atoms with Gasteiger partial charge in [-0.25, -0.2) is 12.7 Å². The quantitative estimate of drug-likeness (QED) is 0.766. The predicted octanol–water partition coefficient (Wildman–Crippen LogP) is 3.19.